The first-order valence-electron chi connectivity index (χ1n) is 7.10. The van der Waals surface area contributed by atoms with Gasteiger partial charge in [0.2, 0.25) is 0 Å². The van der Waals surface area contributed by atoms with E-state index in [0.717, 1.165) is 0 Å². The van der Waals surface area contributed by atoms with Crippen molar-refractivity contribution in [2.24, 2.45) is 0 Å². The normalized spacial score (nSPS) is 16.2. The summed E-state index contributed by atoms with van der Waals surface area (Å²) in [4.78, 5) is 0. The Bertz CT molecular complexity index is 395. The topological polar surface area (TPSA) is 32.3 Å². The van der Waals surface area contributed by atoms with Gasteiger partial charge in [-0.2, -0.15) is 0 Å². The first-order chi connectivity index (χ1) is 8.51. The molecule has 2 atom stereocenters. The highest BCUT2D eigenvalue weighted by molar-refractivity contribution is 5.29. The predicted octanol–water partition coefficient (Wildman–Crippen LogP) is 3.79. The second kappa shape index (κ2) is 5.64. The van der Waals surface area contributed by atoms with Crippen LogP contribution in [0.5, 0.6) is 0 Å². The molecule has 0 aromatic heterocycles. The van der Waals surface area contributed by atoms with Gasteiger partial charge in [-0.25, -0.2) is 0 Å². The zero-order chi connectivity index (χ0) is 14.8. The van der Waals surface area contributed by atoms with Gasteiger partial charge in [0.15, 0.2) is 0 Å². The van der Waals surface area contributed by atoms with Crippen molar-refractivity contribution in [1.82, 2.24) is 5.32 Å². The average Bonchev–Trinajstić information content (AvgIpc) is 2.26. The molecule has 0 bridgehead atoms. The van der Waals surface area contributed by atoms with Crippen LogP contribution in [-0.2, 0) is 5.41 Å². The van der Waals surface area contributed by atoms with Gasteiger partial charge >= 0.3 is 0 Å². The number of hydrogen-bond acceptors (Lipinski definition) is 2. The van der Waals surface area contributed by atoms with Crippen LogP contribution in [0.15, 0.2) is 24.3 Å². The number of nitrogens with one attached hydrogen (secondary N) is 1. The van der Waals surface area contributed by atoms with Crippen molar-refractivity contribution in [3.05, 3.63) is 35.4 Å². The molecule has 0 saturated carbocycles. The molecule has 19 heavy (non-hydrogen) atoms. The molecule has 1 aromatic rings. The Morgan fingerprint density at radius 3 is 1.79 bits per heavy atom. The molecule has 108 valence electrons. The fraction of sp³-hybridized carbons (Fsp3) is 0.647. The molecule has 0 aliphatic heterocycles. The Labute approximate surface area is 118 Å². The first kappa shape index (κ1) is 16.2. The van der Waals surface area contributed by atoms with E-state index < -0.39 is 5.60 Å². The molecule has 1 aromatic carbocycles. The number of aliphatic hydroxyl groups is 1. The van der Waals surface area contributed by atoms with Crippen LogP contribution in [0.4, 0.5) is 0 Å². The smallest absolute Gasteiger partial charge is 0.0741 e. The van der Waals surface area contributed by atoms with E-state index in [1.54, 1.807) is 0 Å². The number of benzene rings is 1. The van der Waals surface area contributed by atoms with Crippen molar-refractivity contribution in [2.45, 2.75) is 71.6 Å². The van der Waals surface area contributed by atoms with Crippen molar-refractivity contribution in [3.63, 3.8) is 0 Å². The SMILES string of the molecule is CC(NC(C)C(C)(C)O)c1ccc(C(C)(C)C)cc1. The Balaban J connectivity index is 2.76. The van der Waals surface area contributed by atoms with Crippen LogP contribution in [0.25, 0.3) is 0 Å². The van der Waals surface area contributed by atoms with Crippen molar-refractivity contribution < 1.29 is 5.11 Å². The predicted molar refractivity (Wildman–Crippen MR) is 82.5 cm³/mol. The molecule has 0 fully saturated rings. The summed E-state index contributed by atoms with van der Waals surface area (Å²) in [6.45, 7) is 14.5. The molecule has 0 heterocycles. The lowest BCUT2D eigenvalue weighted by Crippen LogP contribution is -2.45. The average molecular weight is 263 g/mol. The molecule has 0 aliphatic rings. The van der Waals surface area contributed by atoms with E-state index in [1.807, 2.05) is 20.8 Å². The summed E-state index contributed by atoms with van der Waals surface area (Å²) < 4.78 is 0. The fourth-order valence-corrected chi connectivity index (χ4v) is 1.95. The summed E-state index contributed by atoms with van der Waals surface area (Å²) in [5, 5.41) is 13.4. The summed E-state index contributed by atoms with van der Waals surface area (Å²) in [6, 6.07) is 9.02. The lowest BCUT2D eigenvalue weighted by molar-refractivity contribution is 0.0405. The monoisotopic (exact) mass is 263 g/mol. The lowest BCUT2D eigenvalue weighted by atomic mass is 9.86. The van der Waals surface area contributed by atoms with Crippen LogP contribution >= 0.6 is 0 Å². The van der Waals surface area contributed by atoms with Gasteiger partial charge in [-0.3, -0.25) is 0 Å². The van der Waals surface area contributed by atoms with Gasteiger partial charge in [-0.1, -0.05) is 45.0 Å². The summed E-state index contributed by atoms with van der Waals surface area (Å²) in [6.07, 6.45) is 0. The highest BCUT2D eigenvalue weighted by Gasteiger charge is 2.24. The molecular formula is C17H29NO. The van der Waals surface area contributed by atoms with E-state index in [4.69, 9.17) is 0 Å². The minimum Gasteiger partial charge on any atom is -0.389 e. The Kier molecular flexibility index (Phi) is 4.81. The zero-order valence-corrected chi connectivity index (χ0v) is 13.4. The maximum atomic E-state index is 9.97. The quantitative estimate of drug-likeness (QED) is 0.866. The van der Waals surface area contributed by atoms with E-state index in [0.29, 0.717) is 0 Å². The van der Waals surface area contributed by atoms with Gasteiger partial charge in [0.05, 0.1) is 5.60 Å². The molecule has 1 rings (SSSR count). The van der Waals surface area contributed by atoms with E-state index >= 15 is 0 Å². The molecule has 2 nitrogen and oxygen atoms in total. The first-order valence-corrected chi connectivity index (χ1v) is 7.10. The molecule has 0 spiro atoms. The van der Waals surface area contributed by atoms with Gasteiger partial charge in [-0.15, -0.1) is 0 Å². The molecule has 0 amide bonds. The maximum absolute atomic E-state index is 9.97. The van der Waals surface area contributed by atoms with E-state index in [1.165, 1.54) is 11.1 Å². The highest BCUT2D eigenvalue weighted by atomic mass is 16.3. The van der Waals surface area contributed by atoms with Crippen LogP contribution in [0.2, 0.25) is 0 Å². The van der Waals surface area contributed by atoms with Crippen molar-refractivity contribution in [1.29, 1.82) is 0 Å². The fourth-order valence-electron chi connectivity index (χ4n) is 1.95. The van der Waals surface area contributed by atoms with Crippen molar-refractivity contribution in [3.8, 4) is 0 Å². The third kappa shape index (κ3) is 4.63. The summed E-state index contributed by atoms with van der Waals surface area (Å²) in [5.41, 5.74) is 2.08. The van der Waals surface area contributed by atoms with Crippen LogP contribution in [0, 0.1) is 0 Å². The molecule has 2 N–H and O–H groups in total. The summed E-state index contributed by atoms with van der Waals surface area (Å²) >= 11 is 0. The molecule has 0 aliphatic carbocycles. The van der Waals surface area contributed by atoms with Crippen LogP contribution < -0.4 is 5.32 Å². The van der Waals surface area contributed by atoms with E-state index in [9.17, 15) is 5.11 Å². The van der Waals surface area contributed by atoms with Crippen molar-refractivity contribution in [2.75, 3.05) is 0 Å². The van der Waals surface area contributed by atoms with Crippen LogP contribution in [0.3, 0.4) is 0 Å². The number of rotatable bonds is 4. The molecule has 2 unspecified atom stereocenters. The molecule has 0 radical (unpaired) electrons. The van der Waals surface area contributed by atoms with Gasteiger partial charge < -0.3 is 10.4 Å². The Morgan fingerprint density at radius 2 is 1.42 bits per heavy atom. The van der Waals surface area contributed by atoms with Gasteiger partial charge in [0.1, 0.15) is 0 Å². The minimum atomic E-state index is -0.709. The van der Waals surface area contributed by atoms with Gasteiger partial charge in [-0.05, 0) is 44.2 Å². The maximum Gasteiger partial charge on any atom is 0.0741 e. The summed E-state index contributed by atoms with van der Waals surface area (Å²) in [7, 11) is 0. The van der Waals surface area contributed by atoms with Gasteiger partial charge in [0, 0.05) is 12.1 Å². The molecule has 0 saturated heterocycles. The molecular weight excluding hydrogens is 234 g/mol. The zero-order valence-electron chi connectivity index (χ0n) is 13.4. The van der Waals surface area contributed by atoms with E-state index in [2.05, 4.69) is 57.3 Å². The van der Waals surface area contributed by atoms with Crippen molar-refractivity contribution >= 4 is 0 Å². The Morgan fingerprint density at radius 1 is 0.947 bits per heavy atom. The standard InChI is InChI=1S/C17H29NO/c1-12(18-13(2)17(6,7)19)14-8-10-15(11-9-14)16(3,4)5/h8-13,18-19H,1-7H3. The van der Waals surface area contributed by atoms with Crippen LogP contribution in [-0.4, -0.2) is 16.7 Å². The van der Waals surface area contributed by atoms with Crippen LogP contribution in [0.1, 0.15) is 65.6 Å². The third-order valence-electron chi connectivity index (χ3n) is 3.84. The number of hydrogen-bond donors (Lipinski definition) is 2. The van der Waals surface area contributed by atoms with Gasteiger partial charge in [0.25, 0.3) is 0 Å². The highest BCUT2D eigenvalue weighted by Crippen LogP contribution is 2.24. The second-order valence-corrected chi connectivity index (χ2v) is 7.14. The summed E-state index contributed by atoms with van der Waals surface area (Å²) in [5.74, 6) is 0. The lowest BCUT2D eigenvalue weighted by Gasteiger charge is -2.30. The minimum absolute atomic E-state index is 0.0461. The largest absolute Gasteiger partial charge is 0.389 e. The van der Waals surface area contributed by atoms with E-state index in [-0.39, 0.29) is 17.5 Å². The second-order valence-electron chi connectivity index (χ2n) is 7.14. The Hall–Kier alpha value is -0.860. The molecule has 2 heteroatoms. The third-order valence-corrected chi connectivity index (χ3v) is 3.84.